The van der Waals surface area contributed by atoms with Crippen LogP contribution in [-0.4, -0.2) is 6.29 Å². The van der Waals surface area contributed by atoms with Gasteiger partial charge in [0.05, 0.1) is 11.1 Å². The maximum atomic E-state index is 12.8. The van der Waals surface area contributed by atoms with Crippen LogP contribution in [-0.2, 0) is 12.4 Å². The molecule has 0 aliphatic rings. The van der Waals surface area contributed by atoms with Crippen LogP contribution in [0.1, 0.15) is 32.6 Å². The van der Waals surface area contributed by atoms with Gasteiger partial charge in [-0.15, -0.1) is 0 Å². The molecule has 1 nitrogen and oxygen atoms in total. The molecule has 0 N–H and O–H groups in total. The molecule has 24 heavy (non-hydrogen) atoms. The standard InChI is InChI=1S/C17H10F6O/c18-16(19,20)14-3-1-2-11(7-14)4-5-12-6-13(10-24)9-15(8-12)17(21,22)23/h1-10H/b5-4+. The molecule has 126 valence electrons. The van der Waals surface area contributed by atoms with Crippen molar-refractivity contribution in [1.29, 1.82) is 0 Å². The summed E-state index contributed by atoms with van der Waals surface area (Å²) in [6, 6.07) is 7.10. The Morgan fingerprint density at radius 3 is 1.79 bits per heavy atom. The van der Waals surface area contributed by atoms with E-state index in [2.05, 4.69) is 0 Å². The third-order valence-electron chi connectivity index (χ3n) is 3.12. The number of hydrogen-bond acceptors (Lipinski definition) is 1. The molecule has 0 fully saturated rings. The molecule has 0 aliphatic carbocycles. The average Bonchev–Trinajstić information content (AvgIpc) is 2.51. The zero-order chi connectivity index (χ0) is 18.0. The summed E-state index contributed by atoms with van der Waals surface area (Å²) in [5.41, 5.74) is -1.80. The number of aldehydes is 1. The number of rotatable bonds is 3. The fraction of sp³-hybridized carbons (Fsp3) is 0.118. The Kier molecular flexibility index (Phi) is 4.82. The summed E-state index contributed by atoms with van der Waals surface area (Å²) in [7, 11) is 0. The summed E-state index contributed by atoms with van der Waals surface area (Å²) in [5, 5.41) is 0. The van der Waals surface area contributed by atoms with Crippen LogP contribution in [0, 0.1) is 0 Å². The summed E-state index contributed by atoms with van der Waals surface area (Å²) in [4.78, 5) is 10.8. The maximum Gasteiger partial charge on any atom is 0.416 e. The molecule has 0 bridgehead atoms. The molecule has 0 aromatic heterocycles. The van der Waals surface area contributed by atoms with Crippen molar-refractivity contribution >= 4 is 18.4 Å². The first-order valence-corrected chi connectivity index (χ1v) is 6.62. The Bertz CT molecular complexity index is 771. The second-order valence-corrected chi connectivity index (χ2v) is 4.96. The molecule has 0 spiro atoms. The zero-order valence-electron chi connectivity index (χ0n) is 11.9. The number of halogens is 6. The van der Waals surface area contributed by atoms with Crippen molar-refractivity contribution in [2.75, 3.05) is 0 Å². The minimum Gasteiger partial charge on any atom is -0.298 e. The van der Waals surface area contributed by atoms with Gasteiger partial charge in [-0.1, -0.05) is 24.3 Å². The lowest BCUT2D eigenvalue weighted by Crippen LogP contribution is -2.06. The normalized spacial score (nSPS) is 12.6. The molecule has 0 atom stereocenters. The highest BCUT2D eigenvalue weighted by Crippen LogP contribution is 2.32. The van der Waals surface area contributed by atoms with Crippen LogP contribution in [0.2, 0.25) is 0 Å². The Labute approximate surface area is 133 Å². The Balaban J connectivity index is 2.37. The number of hydrogen-bond donors (Lipinski definition) is 0. The van der Waals surface area contributed by atoms with Gasteiger partial charge in [0.1, 0.15) is 6.29 Å². The Morgan fingerprint density at radius 1 is 0.667 bits per heavy atom. The highest BCUT2D eigenvalue weighted by molar-refractivity contribution is 5.79. The monoisotopic (exact) mass is 344 g/mol. The van der Waals surface area contributed by atoms with E-state index in [1.165, 1.54) is 30.4 Å². The van der Waals surface area contributed by atoms with E-state index in [1.807, 2.05) is 0 Å². The van der Waals surface area contributed by atoms with Crippen molar-refractivity contribution in [2.24, 2.45) is 0 Å². The molecule has 2 rings (SSSR count). The average molecular weight is 344 g/mol. The molecule has 0 heterocycles. The number of alkyl halides is 6. The lowest BCUT2D eigenvalue weighted by molar-refractivity contribution is -0.138. The summed E-state index contributed by atoms with van der Waals surface area (Å²) < 4.78 is 76.2. The van der Waals surface area contributed by atoms with E-state index >= 15 is 0 Å². The molecule has 2 aromatic rings. The highest BCUT2D eigenvalue weighted by Gasteiger charge is 2.31. The van der Waals surface area contributed by atoms with E-state index in [0.717, 1.165) is 18.2 Å². The molecule has 2 aromatic carbocycles. The van der Waals surface area contributed by atoms with E-state index < -0.39 is 23.5 Å². The largest absolute Gasteiger partial charge is 0.416 e. The SMILES string of the molecule is O=Cc1cc(/C=C/c2cccc(C(F)(F)F)c2)cc(C(F)(F)F)c1. The summed E-state index contributed by atoms with van der Waals surface area (Å²) >= 11 is 0. The van der Waals surface area contributed by atoms with Gasteiger partial charge in [-0.3, -0.25) is 4.79 Å². The summed E-state index contributed by atoms with van der Waals surface area (Å²) in [5.74, 6) is 0. The van der Waals surface area contributed by atoms with Gasteiger partial charge in [0.2, 0.25) is 0 Å². The lowest BCUT2D eigenvalue weighted by Gasteiger charge is -2.09. The van der Waals surface area contributed by atoms with Crippen LogP contribution in [0.15, 0.2) is 42.5 Å². The van der Waals surface area contributed by atoms with Crippen LogP contribution < -0.4 is 0 Å². The van der Waals surface area contributed by atoms with Crippen molar-refractivity contribution < 1.29 is 31.1 Å². The highest BCUT2D eigenvalue weighted by atomic mass is 19.4. The first-order chi connectivity index (χ1) is 11.1. The molecule has 0 saturated heterocycles. The predicted octanol–water partition coefficient (Wildman–Crippen LogP) is 5.71. The van der Waals surface area contributed by atoms with Crippen molar-refractivity contribution in [1.82, 2.24) is 0 Å². The topological polar surface area (TPSA) is 17.1 Å². The van der Waals surface area contributed by atoms with Gasteiger partial charge in [-0.05, 0) is 41.5 Å². The van der Waals surface area contributed by atoms with Crippen LogP contribution >= 0.6 is 0 Å². The van der Waals surface area contributed by atoms with Crippen LogP contribution in [0.3, 0.4) is 0 Å². The minimum atomic E-state index is -4.63. The lowest BCUT2D eigenvalue weighted by atomic mass is 10.0. The van der Waals surface area contributed by atoms with Gasteiger partial charge in [-0.2, -0.15) is 26.3 Å². The van der Waals surface area contributed by atoms with E-state index in [0.29, 0.717) is 6.07 Å². The molecular formula is C17H10F6O. The quantitative estimate of drug-likeness (QED) is 0.396. The second-order valence-electron chi connectivity index (χ2n) is 4.96. The van der Waals surface area contributed by atoms with E-state index in [-0.39, 0.29) is 23.0 Å². The molecule has 0 radical (unpaired) electrons. The van der Waals surface area contributed by atoms with E-state index in [9.17, 15) is 31.1 Å². The van der Waals surface area contributed by atoms with Crippen LogP contribution in [0.25, 0.3) is 12.2 Å². The molecule has 7 heteroatoms. The van der Waals surface area contributed by atoms with Gasteiger partial charge in [-0.25, -0.2) is 0 Å². The number of benzene rings is 2. The molecule has 0 aliphatic heterocycles. The third kappa shape index (κ3) is 4.47. The third-order valence-corrected chi connectivity index (χ3v) is 3.12. The van der Waals surface area contributed by atoms with Crippen LogP contribution in [0.4, 0.5) is 26.3 Å². The van der Waals surface area contributed by atoms with Gasteiger partial charge < -0.3 is 0 Å². The Hall–Kier alpha value is -2.57. The Morgan fingerprint density at radius 2 is 1.21 bits per heavy atom. The first kappa shape index (κ1) is 17.8. The van der Waals surface area contributed by atoms with Crippen molar-refractivity contribution in [3.63, 3.8) is 0 Å². The minimum absolute atomic E-state index is 0.0596. The van der Waals surface area contributed by atoms with Crippen molar-refractivity contribution in [2.45, 2.75) is 12.4 Å². The number of carbonyl (C=O) groups is 1. The van der Waals surface area contributed by atoms with Crippen molar-refractivity contribution in [3.05, 3.63) is 70.3 Å². The smallest absolute Gasteiger partial charge is 0.298 e. The fourth-order valence-corrected chi connectivity index (χ4v) is 2.02. The molecular weight excluding hydrogens is 334 g/mol. The molecule has 0 saturated carbocycles. The summed E-state index contributed by atoms with van der Waals surface area (Å²) in [6.07, 6.45) is -6.39. The number of carbonyl (C=O) groups excluding carboxylic acids is 1. The van der Waals surface area contributed by atoms with Gasteiger partial charge in [0.25, 0.3) is 0 Å². The fourth-order valence-electron chi connectivity index (χ4n) is 2.02. The predicted molar refractivity (Wildman–Crippen MR) is 77.2 cm³/mol. The van der Waals surface area contributed by atoms with Gasteiger partial charge in [0, 0.05) is 5.56 Å². The van der Waals surface area contributed by atoms with Gasteiger partial charge >= 0.3 is 12.4 Å². The van der Waals surface area contributed by atoms with Crippen molar-refractivity contribution in [3.8, 4) is 0 Å². The van der Waals surface area contributed by atoms with E-state index in [1.54, 1.807) is 0 Å². The molecule has 0 unspecified atom stereocenters. The molecule has 0 amide bonds. The second kappa shape index (κ2) is 6.51. The van der Waals surface area contributed by atoms with E-state index in [4.69, 9.17) is 0 Å². The first-order valence-electron chi connectivity index (χ1n) is 6.62. The van der Waals surface area contributed by atoms with Gasteiger partial charge in [0.15, 0.2) is 0 Å². The summed E-state index contributed by atoms with van der Waals surface area (Å²) in [6.45, 7) is 0. The maximum absolute atomic E-state index is 12.8. The van der Waals surface area contributed by atoms with Crippen LogP contribution in [0.5, 0.6) is 0 Å². The zero-order valence-corrected chi connectivity index (χ0v) is 11.9.